The van der Waals surface area contributed by atoms with Gasteiger partial charge >= 0.3 is 0 Å². The van der Waals surface area contributed by atoms with E-state index in [4.69, 9.17) is 4.74 Å². The van der Waals surface area contributed by atoms with E-state index < -0.39 is 0 Å². The van der Waals surface area contributed by atoms with Gasteiger partial charge in [0.15, 0.2) is 6.04 Å². The third kappa shape index (κ3) is 3.38. The van der Waals surface area contributed by atoms with Gasteiger partial charge in [0.1, 0.15) is 5.75 Å². The monoisotopic (exact) mass is 363 g/mol. The van der Waals surface area contributed by atoms with Crippen LogP contribution < -0.4 is 14.5 Å². The molecule has 2 aromatic rings. The van der Waals surface area contributed by atoms with Gasteiger partial charge in [-0.2, -0.15) is 0 Å². The molecule has 2 amide bonds. The Balaban J connectivity index is 1.48. The molecule has 2 aliphatic rings. The zero-order chi connectivity index (χ0) is 18.8. The van der Waals surface area contributed by atoms with Gasteiger partial charge in [0.25, 0.3) is 5.91 Å². The van der Waals surface area contributed by atoms with Crippen LogP contribution in [0.2, 0.25) is 0 Å². The van der Waals surface area contributed by atoms with Crippen molar-refractivity contribution in [3.8, 4) is 5.75 Å². The summed E-state index contributed by atoms with van der Waals surface area (Å²) < 4.78 is 5.15. The number of amides is 2. The number of rotatable bonds is 4. The molecule has 2 aromatic carbocycles. The smallest absolute Gasteiger partial charge is 0.292 e. The summed E-state index contributed by atoms with van der Waals surface area (Å²) in [5, 5.41) is 0. The van der Waals surface area contributed by atoms with Crippen molar-refractivity contribution < 1.29 is 19.2 Å². The second-order valence-electron chi connectivity index (χ2n) is 6.98. The normalized spacial score (nSPS) is 22.7. The molecule has 0 spiro atoms. The van der Waals surface area contributed by atoms with E-state index >= 15 is 0 Å². The van der Waals surface area contributed by atoms with Gasteiger partial charge in [0.2, 0.25) is 5.91 Å². The van der Waals surface area contributed by atoms with Gasteiger partial charge in [0.05, 0.1) is 32.3 Å². The van der Waals surface area contributed by atoms with E-state index in [9.17, 15) is 9.59 Å². The summed E-state index contributed by atoms with van der Waals surface area (Å²) >= 11 is 0. The summed E-state index contributed by atoms with van der Waals surface area (Å²) in [6.07, 6.45) is 3.40. The molecule has 4 rings (SSSR count). The van der Waals surface area contributed by atoms with Crippen molar-refractivity contribution in [2.24, 2.45) is 0 Å². The molecule has 1 unspecified atom stereocenters. The average molecular weight is 363 g/mol. The Hall–Kier alpha value is -2.92. The Morgan fingerprint density at radius 3 is 2.41 bits per heavy atom. The van der Waals surface area contributed by atoms with Gasteiger partial charge < -0.3 is 9.64 Å². The van der Waals surface area contributed by atoms with Crippen LogP contribution in [0.1, 0.15) is 18.4 Å². The zero-order valence-electron chi connectivity index (χ0n) is 15.4. The fraction of sp³-hybridized carbons (Fsp3) is 0.273. The molecule has 0 aromatic heterocycles. The first-order chi connectivity index (χ1) is 13.2. The number of anilines is 1. The van der Waals surface area contributed by atoms with Gasteiger partial charge in [-0.3, -0.25) is 9.59 Å². The lowest BCUT2D eigenvalue weighted by Crippen LogP contribution is -3.17. The second-order valence-corrected chi connectivity index (χ2v) is 6.98. The standard InChI is InChI=1S/C22H22N2O3/c1-27-19-9-7-18(8-10-19)24-21(25)15-20(22(24)26)23-13-11-17(12-14-23)16-5-3-2-4-6-16/h2-11,20H,12-15H2,1H3/p+1/t20-/m1/s1. The van der Waals surface area contributed by atoms with E-state index in [1.165, 1.54) is 20.9 Å². The van der Waals surface area contributed by atoms with Gasteiger partial charge in [-0.15, -0.1) is 0 Å². The van der Waals surface area contributed by atoms with E-state index in [1.807, 2.05) is 18.2 Å². The van der Waals surface area contributed by atoms with Crippen LogP contribution in [0.15, 0.2) is 60.7 Å². The summed E-state index contributed by atoms with van der Waals surface area (Å²) in [6, 6.07) is 17.1. The fourth-order valence-electron chi connectivity index (χ4n) is 3.94. The molecule has 2 atom stereocenters. The van der Waals surface area contributed by atoms with Gasteiger partial charge in [-0.05, 0) is 41.5 Å². The highest BCUT2D eigenvalue weighted by atomic mass is 16.5. The lowest BCUT2D eigenvalue weighted by atomic mass is 9.98. The van der Waals surface area contributed by atoms with Crippen LogP contribution in [0.4, 0.5) is 5.69 Å². The lowest BCUT2D eigenvalue weighted by molar-refractivity contribution is -0.909. The Kier molecular flexibility index (Phi) is 4.77. The molecule has 5 nitrogen and oxygen atoms in total. The molecule has 138 valence electrons. The zero-order valence-corrected chi connectivity index (χ0v) is 15.4. The third-order valence-corrected chi connectivity index (χ3v) is 5.44. The molecule has 1 fully saturated rings. The number of carbonyl (C=O) groups excluding carboxylic acids is 2. The van der Waals surface area contributed by atoms with Crippen molar-refractivity contribution in [3.05, 3.63) is 66.2 Å². The van der Waals surface area contributed by atoms with Crippen molar-refractivity contribution >= 4 is 23.1 Å². The molecule has 2 aliphatic heterocycles. The summed E-state index contributed by atoms with van der Waals surface area (Å²) in [5.41, 5.74) is 3.18. The summed E-state index contributed by atoms with van der Waals surface area (Å²) in [4.78, 5) is 28.0. The van der Waals surface area contributed by atoms with Crippen LogP contribution in [-0.4, -0.2) is 38.1 Å². The van der Waals surface area contributed by atoms with Gasteiger partial charge in [-0.1, -0.05) is 30.3 Å². The number of ether oxygens (including phenoxy) is 1. The van der Waals surface area contributed by atoms with E-state index in [0.29, 0.717) is 11.4 Å². The minimum atomic E-state index is -0.298. The number of imide groups is 1. The second kappa shape index (κ2) is 7.37. The van der Waals surface area contributed by atoms with Crippen molar-refractivity contribution in [1.29, 1.82) is 0 Å². The first-order valence-corrected chi connectivity index (χ1v) is 9.27. The van der Waals surface area contributed by atoms with E-state index in [0.717, 1.165) is 19.5 Å². The number of hydrogen-bond acceptors (Lipinski definition) is 3. The van der Waals surface area contributed by atoms with Crippen molar-refractivity contribution in [1.82, 2.24) is 0 Å². The molecule has 1 N–H and O–H groups in total. The topological polar surface area (TPSA) is 51.0 Å². The fourth-order valence-corrected chi connectivity index (χ4v) is 3.94. The molecule has 2 heterocycles. The minimum Gasteiger partial charge on any atom is -0.497 e. The Morgan fingerprint density at radius 2 is 1.78 bits per heavy atom. The van der Waals surface area contributed by atoms with Crippen LogP contribution in [0.3, 0.4) is 0 Å². The molecule has 1 saturated heterocycles. The molecule has 0 radical (unpaired) electrons. The predicted octanol–water partition coefficient (Wildman–Crippen LogP) is 1.70. The maximum absolute atomic E-state index is 13.0. The molecule has 0 bridgehead atoms. The lowest BCUT2D eigenvalue weighted by Gasteiger charge is -2.27. The molecular formula is C22H23N2O3+. The van der Waals surface area contributed by atoms with Gasteiger partial charge in [-0.25, -0.2) is 4.90 Å². The van der Waals surface area contributed by atoms with Crippen molar-refractivity contribution in [3.63, 3.8) is 0 Å². The van der Waals surface area contributed by atoms with Crippen LogP contribution >= 0.6 is 0 Å². The Morgan fingerprint density at radius 1 is 1.04 bits per heavy atom. The number of nitrogens with one attached hydrogen (secondary N) is 1. The van der Waals surface area contributed by atoms with Crippen LogP contribution in [0, 0.1) is 0 Å². The van der Waals surface area contributed by atoms with Gasteiger partial charge in [0, 0.05) is 6.42 Å². The van der Waals surface area contributed by atoms with Crippen LogP contribution in [0.25, 0.3) is 5.57 Å². The summed E-state index contributed by atoms with van der Waals surface area (Å²) in [7, 11) is 1.59. The average Bonchev–Trinajstić information content (AvgIpc) is 3.03. The number of nitrogens with zero attached hydrogens (tertiary/aromatic N) is 1. The maximum atomic E-state index is 13.0. The number of quaternary nitrogens is 1. The highest BCUT2D eigenvalue weighted by Gasteiger charge is 2.45. The number of hydrogen-bond donors (Lipinski definition) is 1. The molecule has 0 saturated carbocycles. The predicted molar refractivity (Wildman–Crippen MR) is 104 cm³/mol. The maximum Gasteiger partial charge on any atom is 0.292 e. The van der Waals surface area contributed by atoms with E-state index in [1.54, 1.807) is 31.4 Å². The summed E-state index contributed by atoms with van der Waals surface area (Å²) in [6.45, 7) is 1.63. The number of methoxy groups -OCH3 is 1. The minimum absolute atomic E-state index is 0.100. The van der Waals surface area contributed by atoms with Crippen LogP contribution in [-0.2, 0) is 9.59 Å². The molecule has 27 heavy (non-hydrogen) atoms. The quantitative estimate of drug-likeness (QED) is 0.842. The van der Waals surface area contributed by atoms with E-state index in [-0.39, 0.29) is 24.3 Å². The number of carbonyl (C=O) groups is 2. The number of benzene rings is 2. The molecule has 5 heteroatoms. The Labute approximate surface area is 158 Å². The SMILES string of the molecule is COc1ccc(N2C(=O)C[C@@H]([NH+]3CC=C(c4ccccc4)CC3)C2=O)cc1. The third-order valence-electron chi connectivity index (χ3n) is 5.44. The van der Waals surface area contributed by atoms with Crippen molar-refractivity contribution in [2.75, 3.05) is 25.1 Å². The van der Waals surface area contributed by atoms with Crippen LogP contribution in [0.5, 0.6) is 5.75 Å². The van der Waals surface area contributed by atoms with E-state index in [2.05, 4.69) is 18.2 Å². The Bertz CT molecular complexity index is 874. The largest absolute Gasteiger partial charge is 0.497 e. The highest BCUT2D eigenvalue weighted by Crippen LogP contribution is 2.25. The molecule has 0 aliphatic carbocycles. The summed E-state index contributed by atoms with van der Waals surface area (Å²) in [5.74, 6) is 0.479. The molecular weight excluding hydrogens is 340 g/mol. The first-order valence-electron chi connectivity index (χ1n) is 9.27. The highest BCUT2D eigenvalue weighted by molar-refractivity contribution is 6.21. The van der Waals surface area contributed by atoms with Crippen molar-refractivity contribution in [2.45, 2.75) is 18.9 Å². The first kappa shape index (κ1) is 17.5.